The van der Waals surface area contributed by atoms with E-state index < -0.39 is 28.1 Å². The standard InChI is InChI=1S/C29H38N8O6S/c1-17(2)25(28(40)41)34-44(42,43)36-13-11-35(12-14-36)21-9-10-23(30-15-21)32-29-31-16-22-18(3)24(19(4)38)27(39)37(26(22)33-29)20-7-5-6-8-20/h9-10,15-17,20,25,34H,5-8,11-14H2,1-4H3,(H,40,41)(H,30,31,32,33)/t25-/m0/s1. The molecule has 0 spiro atoms. The quantitative estimate of drug-likeness (QED) is 0.282. The van der Waals surface area contributed by atoms with Gasteiger partial charge >= 0.3 is 5.97 Å². The number of anilines is 3. The molecule has 0 aromatic carbocycles. The van der Waals surface area contributed by atoms with Crippen LogP contribution in [0.3, 0.4) is 0 Å². The third-order valence-corrected chi connectivity index (χ3v) is 9.99. The van der Waals surface area contributed by atoms with Crippen molar-refractivity contribution in [1.82, 2.24) is 28.5 Å². The highest BCUT2D eigenvalue weighted by molar-refractivity contribution is 7.87. The Morgan fingerprint density at radius 2 is 1.73 bits per heavy atom. The second kappa shape index (κ2) is 12.6. The second-order valence-corrected chi connectivity index (χ2v) is 13.4. The van der Waals surface area contributed by atoms with Gasteiger partial charge in [-0.25, -0.2) is 9.97 Å². The number of carbonyl (C=O) groups is 2. The maximum absolute atomic E-state index is 13.4. The third-order valence-electron chi connectivity index (χ3n) is 8.39. The average Bonchev–Trinajstić information content (AvgIpc) is 3.50. The highest BCUT2D eigenvalue weighted by Crippen LogP contribution is 2.32. The molecule has 1 saturated carbocycles. The van der Waals surface area contributed by atoms with Crippen molar-refractivity contribution in [3.63, 3.8) is 0 Å². The van der Waals surface area contributed by atoms with Gasteiger partial charge in [0.05, 0.1) is 17.4 Å². The molecule has 2 aliphatic rings. The maximum Gasteiger partial charge on any atom is 0.322 e. The normalized spacial score (nSPS) is 17.3. The van der Waals surface area contributed by atoms with Crippen molar-refractivity contribution in [2.24, 2.45) is 5.92 Å². The van der Waals surface area contributed by atoms with Crippen LogP contribution in [0, 0.1) is 12.8 Å². The summed E-state index contributed by atoms with van der Waals surface area (Å²) in [6.45, 7) is 7.66. The largest absolute Gasteiger partial charge is 0.480 e. The van der Waals surface area contributed by atoms with Gasteiger partial charge < -0.3 is 15.3 Å². The average molecular weight is 627 g/mol. The van der Waals surface area contributed by atoms with E-state index in [1.165, 1.54) is 11.2 Å². The van der Waals surface area contributed by atoms with Crippen molar-refractivity contribution in [2.45, 2.75) is 65.5 Å². The summed E-state index contributed by atoms with van der Waals surface area (Å²) < 4.78 is 30.8. The van der Waals surface area contributed by atoms with Gasteiger partial charge in [0.1, 0.15) is 17.5 Å². The van der Waals surface area contributed by atoms with Crippen LogP contribution in [-0.2, 0) is 15.0 Å². The predicted molar refractivity (Wildman–Crippen MR) is 166 cm³/mol. The van der Waals surface area contributed by atoms with E-state index in [0.29, 0.717) is 35.5 Å². The van der Waals surface area contributed by atoms with Crippen LogP contribution in [0.25, 0.3) is 11.0 Å². The Labute approximate surface area is 255 Å². The third kappa shape index (κ3) is 6.30. The second-order valence-electron chi connectivity index (χ2n) is 11.7. The van der Waals surface area contributed by atoms with E-state index in [0.717, 1.165) is 31.4 Å². The molecule has 0 radical (unpaired) electrons. The van der Waals surface area contributed by atoms with E-state index in [4.69, 9.17) is 4.98 Å². The Morgan fingerprint density at radius 3 is 2.30 bits per heavy atom. The van der Waals surface area contributed by atoms with Gasteiger partial charge in [-0.05, 0) is 50.3 Å². The molecule has 5 rings (SSSR count). The van der Waals surface area contributed by atoms with E-state index in [2.05, 4.69) is 20.0 Å². The van der Waals surface area contributed by atoms with E-state index >= 15 is 0 Å². The summed E-state index contributed by atoms with van der Waals surface area (Å²) in [5, 5.41) is 13.1. The first-order valence-electron chi connectivity index (χ1n) is 14.8. The zero-order valence-electron chi connectivity index (χ0n) is 25.3. The van der Waals surface area contributed by atoms with Crippen molar-refractivity contribution < 1.29 is 23.1 Å². The lowest BCUT2D eigenvalue weighted by atomic mass is 10.0. The number of hydrogen-bond acceptors (Lipinski definition) is 10. The summed E-state index contributed by atoms with van der Waals surface area (Å²) in [4.78, 5) is 52.9. The first-order chi connectivity index (χ1) is 20.9. The molecule has 4 heterocycles. The van der Waals surface area contributed by atoms with Gasteiger partial charge in [0, 0.05) is 43.8 Å². The summed E-state index contributed by atoms with van der Waals surface area (Å²) in [5.41, 5.74) is 1.73. The highest BCUT2D eigenvalue weighted by atomic mass is 32.2. The van der Waals surface area contributed by atoms with Gasteiger partial charge in [0.2, 0.25) is 5.95 Å². The van der Waals surface area contributed by atoms with Crippen molar-refractivity contribution in [2.75, 3.05) is 36.4 Å². The molecule has 0 bridgehead atoms. The Balaban J connectivity index is 1.30. The van der Waals surface area contributed by atoms with E-state index in [9.17, 15) is 27.9 Å². The molecule has 1 aliphatic carbocycles. The molecule has 2 fully saturated rings. The topological polar surface area (TPSA) is 180 Å². The number of piperazine rings is 1. The van der Waals surface area contributed by atoms with Crippen LogP contribution in [0.2, 0.25) is 0 Å². The lowest BCUT2D eigenvalue weighted by Crippen LogP contribution is -2.55. The Kier molecular flexibility index (Phi) is 9.00. The molecule has 1 atom stereocenters. The molecule has 3 aromatic rings. The van der Waals surface area contributed by atoms with Crippen LogP contribution in [0.4, 0.5) is 17.5 Å². The van der Waals surface area contributed by atoms with E-state index in [1.54, 1.807) is 43.8 Å². The Morgan fingerprint density at radius 1 is 1.05 bits per heavy atom. The number of aromatic nitrogens is 4. The molecule has 44 heavy (non-hydrogen) atoms. The first kappa shape index (κ1) is 31.5. The van der Waals surface area contributed by atoms with Crippen LogP contribution in [0.5, 0.6) is 0 Å². The van der Waals surface area contributed by atoms with E-state index in [1.807, 2.05) is 11.0 Å². The van der Waals surface area contributed by atoms with Gasteiger partial charge in [-0.2, -0.15) is 22.4 Å². The number of aliphatic carboxylic acids is 1. The van der Waals surface area contributed by atoms with Gasteiger partial charge in [-0.3, -0.25) is 19.0 Å². The van der Waals surface area contributed by atoms with Crippen molar-refractivity contribution in [3.05, 3.63) is 46.0 Å². The molecule has 0 unspecified atom stereocenters. The number of carboxylic acids is 1. The SMILES string of the molecule is CC(=O)c1c(C)c2cnc(Nc3ccc(N4CCN(S(=O)(=O)N[C@H](C(=O)O)C(C)C)CC4)cn3)nc2n(C2CCCC2)c1=O. The Hall–Kier alpha value is -3.95. The lowest BCUT2D eigenvalue weighted by Gasteiger charge is -2.35. The van der Waals surface area contributed by atoms with Crippen molar-refractivity contribution >= 4 is 50.4 Å². The van der Waals surface area contributed by atoms with Crippen LogP contribution in [0.1, 0.15) is 68.4 Å². The van der Waals surface area contributed by atoms with Gasteiger partial charge in [0.25, 0.3) is 15.8 Å². The fourth-order valence-corrected chi connectivity index (χ4v) is 7.45. The minimum Gasteiger partial charge on any atom is -0.480 e. The summed E-state index contributed by atoms with van der Waals surface area (Å²) in [6, 6.07) is 2.40. The minimum absolute atomic E-state index is 0.0242. The van der Waals surface area contributed by atoms with Crippen LogP contribution >= 0.6 is 0 Å². The van der Waals surface area contributed by atoms with E-state index in [-0.39, 0.29) is 42.0 Å². The molecule has 14 nitrogen and oxygen atoms in total. The molecule has 236 valence electrons. The number of carboxylic acid groups (broad SMARTS) is 1. The first-order valence-corrected chi connectivity index (χ1v) is 16.2. The van der Waals surface area contributed by atoms with Crippen molar-refractivity contribution in [1.29, 1.82) is 0 Å². The maximum atomic E-state index is 13.4. The van der Waals surface area contributed by atoms with Crippen LogP contribution in [-0.4, -0.2) is 81.3 Å². The number of hydrogen-bond donors (Lipinski definition) is 3. The summed E-state index contributed by atoms with van der Waals surface area (Å²) >= 11 is 0. The summed E-state index contributed by atoms with van der Waals surface area (Å²) in [7, 11) is -3.96. The number of fused-ring (bicyclic) bond motifs is 1. The fraction of sp³-hybridized carbons (Fsp3) is 0.517. The van der Waals surface area contributed by atoms with Crippen LogP contribution < -0.4 is 20.5 Å². The molecule has 3 N–H and O–H groups in total. The van der Waals surface area contributed by atoms with Gasteiger partial charge in [0.15, 0.2) is 5.78 Å². The lowest BCUT2D eigenvalue weighted by molar-refractivity contribution is -0.140. The molecular formula is C29H38N8O6S. The number of aryl methyl sites for hydroxylation is 1. The summed E-state index contributed by atoms with van der Waals surface area (Å²) in [5.74, 6) is -1.13. The molecule has 15 heteroatoms. The van der Waals surface area contributed by atoms with Crippen molar-refractivity contribution in [3.8, 4) is 0 Å². The zero-order valence-corrected chi connectivity index (χ0v) is 26.1. The number of pyridine rings is 2. The molecule has 3 aromatic heterocycles. The molecule has 1 saturated heterocycles. The smallest absolute Gasteiger partial charge is 0.322 e. The molecule has 1 aliphatic heterocycles. The molecule has 0 amide bonds. The number of Topliss-reactive ketones (excluding diaryl/α,β-unsaturated/α-hetero) is 1. The van der Waals surface area contributed by atoms with Crippen LogP contribution in [0.15, 0.2) is 29.3 Å². The number of nitrogens with zero attached hydrogens (tertiary/aromatic N) is 6. The monoisotopic (exact) mass is 626 g/mol. The summed E-state index contributed by atoms with van der Waals surface area (Å²) in [6.07, 6.45) is 7.03. The minimum atomic E-state index is -3.96. The fourth-order valence-electron chi connectivity index (χ4n) is 5.96. The van der Waals surface area contributed by atoms with Gasteiger partial charge in [-0.15, -0.1) is 0 Å². The number of ketones is 1. The number of nitrogens with one attached hydrogen (secondary N) is 2. The highest BCUT2D eigenvalue weighted by Gasteiger charge is 2.33. The number of carbonyl (C=O) groups excluding carboxylic acids is 1. The zero-order chi connectivity index (χ0) is 31.8. The predicted octanol–water partition coefficient (Wildman–Crippen LogP) is 2.62. The Bertz CT molecular complexity index is 1730. The van der Waals surface area contributed by atoms with Gasteiger partial charge in [-0.1, -0.05) is 26.7 Å². The number of rotatable bonds is 10. The molecular weight excluding hydrogens is 588 g/mol.